The second-order valence-corrected chi connectivity index (χ2v) is 4.43. The van der Waals surface area contributed by atoms with Crippen LogP contribution in [0.2, 0.25) is 0 Å². The smallest absolute Gasteiger partial charge is 0.412 e. The Morgan fingerprint density at radius 3 is 2.23 bits per heavy atom. The Balaban J connectivity index is 3.02. The van der Waals surface area contributed by atoms with E-state index in [0.717, 1.165) is 0 Å². The molecule has 0 unspecified atom stereocenters. The fraction of sp³-hybridized carbons (Fsp3) is 0.385. The lowest BCUT2D eigenvalue weighted by Crippen LogP contribution is -2.18. The molecular weight excluding hydrogens is 358 g/mol. The summed E-state index contributed by atoms with van der Waals surface area (Å²) < 4.78 is 9.49. The molecule has 1 aromatic heterocycles. The van der Waals surface area contributed by atoms with Crippen molar-refractivity contribution in [3.05, 3.63) is 17.8 Å². The van der Waals surface area contributed by atoms with E-state index in [1.807, 2.05) is 0 Å². The first-order valence-electron chi connectivity index (χ1n) is 6.48. The summed E-state index contributed by atoms with van der Waals surface area (Å²) in [5, 5.41) is 4.88. The number of rotatable bonds is 6. The lowest BCUT2D eigenvalue weighted by Gasteiger charge is -2.10. The van der Waals surface area contributed by atoms with Gasteiger partial charge in [-0.05, 0) is 19.9 Å². The molecule has 1 heterocycles. The van der Waals surface area contributed by atoms with Crippen LogP contribution < -0.4 is 10.6 Å². The Bertz CT molecular complexity index is 526. The van der Waals surface area contributed by atoms with Crippen molar-refractivity contribution in [1.29, 1.82) is 0 Å². The predicted molar refractivity (Wildman–Crippen MR) is 83.7 cm³/mol. The monoisotopic (exact) mass is 373 g/mol. The van der Waals surface area contributed by atoms with E-state index in [4.69, 9.17) is 9.47 Å². The first-order valence-corrected chi connectivity index (χ1v) is 7.61. The summed E-state index contributed by atoms with van der Waals surface area (Å²) in [5.41, 5.74) is 0.350. The molecule has 0 radical (unpaired) electrons. The van der Waals surface area contributed by atoms with Crippen molar-refractivity contribution >= 4 is 45.4 Å². The lowest BCUT2D eigenvalue weighted by molar-refractivity contribution is 0.101. The van der Waals surface area contributed by atoms with Gasteiger partial charge in [0.25, 0.3) is 0 Å². The highest BCUT2D eigenvalue weighted by atomic mass is 79.9. The van der Waals surface area contributed by atoms with E-state index < -0.39 is 12.2 Å². The number of carbonyl (C=O) groups is 3. The van der Waals surface area contributed by atoms with Gasteiger partial charge in [-0.15, -0.1) is 0 Å². The van der Waals surface area contributed by atoms with Gasteiger partial charge in [-0.1, -0.05) is 15.9 Å². The summed E-state index contributed by atoms with van der Waals surface area (Å²) in [6.45, 7) is 3.73. The summed E-state index contributed by atoms with van der Waals surface area (Å²) in [6.07, 6.45) is -1.38. The van der Waals surface area contributed by atoms with E-state index in [0.29, 0.717) is 0 Å². The third-order valence-electron chi connectivity index (χ3n) is 2.26. The number of anilines is 2. The summed E-state index contributed by atoms with van der Waals surface area (Å²) in [7, 11) is 0. The number of hydrogen-bond acceptors (Lipinski definition) is 6. The Morgan fingerprint density at radius 1 is 1.09 bits per heavy atom. The Hall–Kier alpha value is -2.16. The molecule has 0 spiro atoms. The number of nitrogens with zero attached hydrogens (tertiary/aromatic N) is 1. The summed E-state index contributed by atoms with van der Waals surface area (Å²) in [6, 6.07) is 2.77. The van der Waals surface area contributed by atoms with Gasteiger partial charge in [-0.2, -0.15) is 0 Å². The van der Waals surface area contributed by atoms with Crippen molar-refractivity contribution < 1.29 is 23.9 Å². The average molecular weight is 374 g/mol. The molecule has 0 aliphatic carbocycles. The maximum absolute atomic E-state index is 11.7. The number of amides is 2. The molecule has 22 heavy (non-hydrogen) atoms. The quantitative estimate of drug-likeness (QED) is 0.586. The number of carbonyl (C=O) groups excluding carboxylic acids is 3. The van der Waals surface area contributed by atoms with Gasteiger partial charge in [0, 0.05) is 11.8 Å². The van der Waals surface area contributed by atoms with Crippen LogP contribution in [0.1, 0.15) is 24.3 Å². The van der Waals surface area contributed by atoms with Crippen LogP contribution in [-0.2, 0) is 9.47 Å². The minimum atomic E-state index is -0.708. The summed E-state index contributed by atoms with van der Waals surface area (Å²) in [5.74, 6) is -0.225. The van der Waals surface area contributed by atoms with Crippen LogP contribution in [0.25, 0.3) is 0 Å². The van der Waals surface area contributed by atoms with Gasteiger partial charge in [0.1, 0.15) is 11.5 Å². The zero-order valence-corrected chi connectivity index (χ0v) is 13.7. The minimum absolute atomic E-state index is 0.0572. The standard InChI is InChI=1S/C13H16BrN3O5/c1-3-21-12(19)15-8-5-9(10(18)7-14)16-11(6-8)17-13(20)22-4-2/h5-6H,3-4,7H2,1-2H3,(H2,15,16,17,19,20). The predicted octanol–water partition coefficient (Wildman–Crippen LogP) is 2.80. The highest BCUT2D eigenvalue weighted by molar-refractivity contribution is 9.09. The zero-order chi connectivity index (χ0) is 16.5. The Kier molecular flexibility index (Phi) is 7.30. The molecule has 1 rings (SSSR count). The molecular formula is C13H16BrN3O5. The first-order chi connectivity index (χ1) is 10.5. The van der Waals surface area contributed by atoms with Crippen LogP contribution in [0.4, 0.5) is 21.1 Å². The number of ether oxygens (including phenoxy) is 2. The van der Waals surface area contributed by atoms with Crippen LogP contribution >= 0.6 is 15.9 Å². The van der Waals surface area contributed by atoms with E-state index in [2.05, 4.69) is 31.5 Å². The molecule has 8 nitrogen and oxygen atoms in total. The zero-order valence-electron chi connectivity index (χ0n) is 12.1. The fourth-order valence-electron chi connectivity index (χ4n) is 1.43. The topological polar surface area (TPSA) is 107 Å². The molecule has 0 aliphatic rings. The maximum atomic E-state index is 11.7. The third-order valence-corrected chi connectivity index (χ3v) is 2.77. The number of hydrogen-bond donors (Lipinski definition) is 2. The highest BCUT2D eigenvalue weighted by Crippen LogP contribution is 2.17. The van der Waals surface area contributed by atoms with Gasteiger partial charge < -0.3 is 9.47 Å². The average Bonchev–Trinajstić information content (AvgIpc) is 2.46. The number of ketones is 1. The van der Waals surface area contributed by atoms with Gasteiger partial charge in [0.2, 0.25) is 0 Å². The second kappa shape index (κ2) is 8.98. The highest BCUT2D eigenvalue weighted by Gasteiger charge is 2.13. The van der Waals surface area contributed by atoms with E-state index in [1.54, 1.807) is 13.8 Å². The van der Waals surface area contributed by atoms with Crippen molar-refractivity contribution in [2.24, 2.45) is 0 Å². The summed E-state index contributed by atoms with van der Waals surface area (Å²) >= 11 is 3.04. The van der Waals surface area contributed by atoms with E-state index >= 15 is 0 Å². The van der Waals surface area contributed by atoms with Crippen molar-refractivity contribution in [2.75, 3.05) is 29.2 Å². The van der Waals surface area contributed by atoms with Crippen LogP contribution in [0.5, 0.6) is 0 Å². The van der Waals surface area contributed by atoms with Crippen LogP contribution in [0.3, 0.4) is 0 Å². The van der Waals surface area contributed by atoms with Gasteiger partial charge >= 0.3 is 12.2 Å². The van der Waals surface area contributed by atoms with Crippen molar-refractivity contribution in [1.82, 2.24) is 4.98 Å². The van der Waals surface area contributed by atoms with Crippen LogP contribution in [0, 0.1) is 0 Å². The minimum Gasteiger partial charge on any atom is -0.450 e. The number of aromatic nitrogens is 1. The third kappa shape index (κ3) is 5.68. The lowest BCUT2D eigenvalue weighted by atomic mass is 10.2. The van der Waals surface area contributed by atoms with Crippen molar-refractivity contribution in [3.8, 4) is 0 Å². The van der Waals surface area contributed by atoms with Gasteiger partial charge in [-0.3, -0.25) is 15.4 Å². The molecule has 0 saturated carbocycles. The molecule has 0 atom stereocenters. The van der Waals surface area contributed by atoms with Crippen molar-refractivity contribution in [3.63, 3.8) is 0 Å². The molecule has 2 N–H and O–H groups in total. The first kappa shape index (κ1) is 17.9. The van der Waals surface area contributed by atoms with Gasteiger partial charge in [0.05, 0.1) is 18.5 Å². The van der Waals surface area contributed by atoms with E-state index in [9.17, 15) is 14.4 Å². The molecule has 9 heteroatoms. The van der Waals surface area contributed by atoms with E-state index in [1.165, 1.54) is 12.1 Å². The number of alkyl halides is 1. The maximum Gasteiger partial charge on any atom is 0.412 e. The van der Waals surface area contributed by atoms with Crippen molar-refractivity contribution in [2.45, 2.75) is 13.8 Å². The Morgan fingerprint density at radius 2 is 1.68 bits per heavy atom. The fourth-order valence-corrected chi connectivity index (χ4v) is 1.72. The molecule has 0 fully saturated rings. The number of pyridine rings is 1. The molecule has 0 bridgehead atoms. The SMILES string of the molecule is CCOC(=O)Nc1cc(NC(=O)OCC)nc(C(=O)CBr)c1. The molecule has 0 aliphatic heterocycles. The molecule has 0 aromatic carbocycles. The van der Waals surface area contributed by atoms with E-state index in [-0.39, 0.29) is 41.5 Å². The van der Waals surface area contributed by atoms with Crippen LogP contribution in [0.15, 0.2) is 12.1 Å². The Labute approximate surface area is 135 Å². The molecule has 2 amide bonds. The molecule has 0 saturated heterocycles. The second-order valence-electron chi connectivity index (χ2n) is 3.87. The summed E-state index contributed by atoms with van der Waals surface area (Å²) in [4.78, 5) is 38.6. The number of Topliss-reactive ketones (excluding diaryl/α,β-unsaturated/α-hetero) is 1. The van der Waals surface area contributed by atoms with Crippen LogP contribution in [-0.4, -0.2) is 41.5 Å². The molecule has 1 aromatic rings. The number of halogens is 1. The van der Waals surface area contributed by atoms with Gasteiger partial charge in [0.15, 0.2) is 5.78 Å². The normalized spacial score (nSPS) is 9.77. The molecule has 120 valence electrons. The van der Waals surface area contributed by atoms with Gasteiger partial charge in [-0.25, -0.2) is 14.6 Å². The largest absolute Gasteiger partial charge is 0.450 e. The number of nitrogens with one attached hydrogen (secondary N) is 2.